The summed E-state index contributed by atoms with van der Waals surface area (Å²) in [6.45, 7) is 3.14. The van der Waals surface area contributed by atoms with Crippen molar-refractivity contribution in [3.05, 3.63) is 42.2 Å². The van der Waals surface area contributed by atoms with E-state index in [1.54, 1.807) is 12.1 Å². The van der Waals surface area contributed by atoms with Crippen LogP contribution < -0.4 is 4.74 Å². The van der Waals surface area contributed by atoms with Gasteiger partial charge in [-0.3, -0.25) is 9.69 Å². The fraction of sp³-hybridized carbons (Fsp3) is 0.625. The second-order valence-electron chi connectivity index (χ2n) is 9.00. The Balaban J connectivity index is 1.37. The van der Waals surface area contributed by atoms with E-state index in [0.29, 0.717) is 49.4 Å². The third kappa shape index (κ3) is 6.74. The summed E-state index contributed by atoms with van der Waals surface area (Å²) in [7, 11) is 0. The monoisotopic (exact) mass is 477 g/mol. The maximum absolute atomic E-state index is 14.2. The molecular weight excluding hydrogens is 448 g/mol. The van der Waals surface area contributed by atoms with E-state index >= 15 is 0 Å². The van der Waals surface area contributed by atoms with E-state index in [4.69, 9.17) is 4.74 Å². The predicted molar refractivity (Wildman–Crippen MR) is 112 cm³/mol. The highest BCUT2D eigenvalue weighted by atomic mass is 19.4. The molecule has 1 aromatic carbocycles. The summed E-state index contributed by atoms with van der Waals surface area (Å²) in [6.07, 6.45) is -0.253. The Morgan fingerprint density at radius 1 is 1.18 bits per heavy atom. The number of ketones is 1. The second kappa shape index (κ2) is 10.5. The number of allylic oxidation sites excluding steroid dienone is 1. The first-order chi connectivity index (χ1) is 15.5. The third-order valence-corrected chi connectivity index (χ3v) is 6.63. The summed E-state index contributed by atoms with van der Waals surface area (Å²) >= 11 is 0. The van der Waals surface area contributed by atoms with Gasteiger partial charge in [0.05, 0.1) is 18.7 Å². The molecule has 1 aromatic rings. The number of Topliss-reactive ketones (excluding diaryl/α,β-unsaturated/α-hetero) is 1. The fourth-order valence-corrected chi connectivity index (χ4v) is 4.60. The van der Waals surface area contributed by atoms with Gasteiger partial charge in [0.15, 0.2) is 5.78 Å². The van der Waals surface area contributed by atoms with Crippen molar-refractivity contribution in [1.29, 1.82) is 0 Å². The van der Waals surface area contributed by atoms with Gasteiger partial charge >= 0.3 is 12.1 Å². The van der Waals surface area contributed by atoms with Crippen LogP contribution in [0.3, 0.4) is 0 Å². The van der Waals surface area contributed by atoms with Gasteiger partial charge in [-0.2, -0.15) is 22.0 Å². The van der Waals surface area contributed by atoms with Crippen molar-refractivity contribution in [3.8, 4) is 5.75 Å². The molecule has 1 saturated heterocycles. The van der Waals surface area contributed by atoms with Crippen molar-refractivity contribution in [1.82, 2.24) is 4.90 Å². The summed E-state index contributed by atoms with van der Waals surface area (Å²) < 4.78 is 83.5. The molecule has 1 saturated carbocycles. The molecule has 33 heavy (non-hydrogen) atoms. The van der Waals surface area contributed by atoms with Crippen molar-refractivity contribution in [3.63, 3.8) is 0 Å². The number of carbonyl (C=O) groups excluding carboxylic acids is 1. The van der Waals surface area contributed by atoms with Crippen LogP contribution >= 0.6 is 0 Å². The van der Waals surface area contributed by atoms with Gasteiger partial charge in [0.2, 0.25) is 0 Å². The van der Waals surface area contributed by atoms with Crippen LogP contribution in [0, 0.1) is 23.6 Å². The number of ether oxygens (including phenoxy) is 1. The molecule has 2 fully saturated rings. The number of nitrogens with zero attached hydrogens (tertiary/aromatic N) is 1. The molecule has 3 rings (SSSR count). The Hall–Kier alpha value is -2.03. The predicted octanol–water partition coefficient (Wildman–Crippen LogP) is 6.29. The zero-order valence-electron chi connectivity index (χ0n) is 18.4. The number of halogens is 6. The number of piperidine rings is 1. The highest BCUT2D eigenvalue weighted by Crippen LogP contribution is 2.50. The van der Waals surface area contributed by atoms with Crippen molar-refractivity contribution in [2.45, 2.75) is 50.6 Å². The maximum atomic E-state index is 14.2. The average molecular weight is 477 g/mol. The average Bonchev–Trinajstić information content (AvgIpc) is 3.51. The van der Waals surface area contributed by atoms with Crippen LogP contribution in [0.1, 0.15) is 48.9 Å². The van der Waals surface area contributed by atoms with Gasteiger partial charge in [-0.25, -0.2) is 4.39 Å². The van der Waals surface area contributed by atoms with Crippen molar-refractivity contribution in [2.24, 2.45) is 17.8 Å². The topological polar surface area (TPSA) is 29.5 Å². The lowest BCUT2D eigenvalue weighted by atomic mass is 9.90. The van der Waals surface area contributed by atoms with E-state index in [0.717, 1.165) is 12.8 Å². The molecule has 2 aliphatic rings. The Morgan fingerprint density at radius 3 is 2.48 bits per heavy atom. The highest BCUT2D eigenvalue weighted by molar-refractivity contribution is 5.96. The molecule has 1 aliphatic heterocycles. The second-order valence-corrected chi connectivity index (χ2v) is 9.00. The zero-order valence-corrected chi connectivity index (χ0v) is 18.4. The summed E-state index contributed by atoms with van der Waals surface area (Å²) in [5.74, 6) is -4.06. The normalized spacial score (nSPS) is 22.2. The minimum absolute atomic E-state index is 0.0331. The maximum Gasteiger partial charge on any atom is 0.454 e. The quantitative estimate of drug-likeness (QED) is 0.213. The lowest BCUT2D eigenvalue weighted by Crippen LogP contribution is -2.49. The van der Waals surface area contributed by atoms with Gasteiger partial charge in [0.1, 0.15) is 11.6 Å². The minimum atomic E-state index is -5.52. The van der Waals surface area contributed by atoms with Crippen LogP contribution in [-0.4, -0.2) is 49.0 Å². The van der Waals surface area contributed by atoms with E-state index in [9.17, 15) is 31.1 Å². The Bertz CT molecular complexity index is 833. The molecule has 0 N–H and O–H groups in total. The molecule has 1 aliphatic carbocycles. The van der Waals surface area contributed by atoms with Gasteiger partial charge in [0.25, 0.3) is 0 Å². The molecule has 184 valence electrons. The number of carbonyl (C=O) groups is 1. The van der Waals surface area contributed by atoms with Crippen molar-refractivity contribution in [2.75, 3.05) is 26.2 Å². The molecule has 0 amide bonds. The molecular formula is C24H29F6NO2. The van der Waals surface area contributed by atoms with Crippen LogP contribution in [0.5, 0.6) is 5.75 Å². The van der Waals surface area contributed by atoms with Crippen LogP contribution in [-0.2, 0) is 0 Å². The molecule has 0 radical (unpaired) electrons. The molecule has 3 nitrogen and oxygen atoms in total. The summed E-state index contributed by atoms with van der Waals surface area (Å²) in [5.41, 5.74) is 0.0331. The van der Waals surface area contributed by atoms with Crippen LogP contribution in [0.4, 0.5) is 26.3 Å². The molecule has 2 unspecified atom stereocenters. The Morgan fingerprint density at radius 2 is 1.88 bits per heavy atom. The first-order valence-electron chi connectivity index (χ1n) is 11.2. The standard InChI is InChI=1S/C24H29F6NO2/c1-2-3-4-22(32)19-6-5-18(14-21(19)25)33-12-9-17-13-20(17)16-7-10-31(11-8-16)15-23(26,27)24(28,29)30/h2,5-6,14,16-17,20H,1,3-4,7-13,15H2. The third-order valence-electron chi connectivity index (χ3n) is 6.63. The van der Waals surface area contributed by atoms with Gasteiger partial charge in [0, 0.05) is 12.5 Å². The van der Waals surface area contributed by atoms with Gasteiger partial charge in [-0.15, -0.1) is 6.58 Å². The summed E-state index contributed by atoms with van der Waals surface area (Å²) in [6, 6.07) is 4.20. The summed E-state index contributed by atoms with van der Waals surface area (Å²) in [5, 5.41) is 0. The Labute approximate surface area is 189 Å². The zero-order chi connectivity index (χ0) is 24.2. The van der Waals surface area contributed by atoms with E-state index in [2.05, 4.69) is 6.58 Å². The molecule has 1 heterocycles. The molecule has 0 spiro atoms. The van der Waals surface area contributed by atoms with Crippen LogP contribution in [0.25, 0.3) is 0 Å². The van der Waals surface area contributed by atoms with E-state index in [1.165, 1.54) is 17.0 Å². The molecule has 0 aromatic heterocycles. The molecule has 2 atom stereocenters. The van der Waals surface area contributed by atoms with Crippen molar-refractivity contribution >= 4 is 5.78 Å². The number of benzene rings is 1. The largest absolute Gasteiger partial charge is 0.493 e. The van der Waals surface area contributed by atoms with E-state index in [-0.39, 0.29) is 30.9 Å². The first kappa shape index (κ1) is 25.6. The van der Waals surface area contributed by atoms with Gasteiger partial charge < -0.3 is 4.74 Å². The fourth-order valence-electron chi connectivity index (χ4n) is 4.60. The highest BCUT2D eigenvalue weighted by Gasteiger charge is 2.58. The number of rotatable bonds is 11. The molecule has 0 bridgehead atoms. The number of hydrogen-bond acceptors (Lipinski definition) is 3. The van der Waals surface area contributed by atoms with Gasteiger partial charge in [-0.1, -0.05) is 6.08 Å². The van der Waals surface area contributed by atoms with E-state index < -0.39 is 24.5 Å². The lowest BCUT2D eigenvalue weighted by Gasteiger charge is -2.34. The minimum Gasteiger partial charge on any atom is -0.493 e. The first-order valence-corrected chi connectivity index (χ1v) is 11.2. The van der Waals surface area contributed by atoms with Crippen LogP contribution in [0.2, 0.25) is 0 Å². The SMILES string of the molecule is C=CCCC(=O)c1ccc(OCCC2CC2C2CCN(CC(F)(F)C(F)(F)F)CC2)cc1F. The van der Waals surface area contributed by atoms with Crippen LogP contribution in [0.15, 0.2) is 30.9 Å². The lowest BCUT2D eigenvalue weighted by molar-refractivity contribution is -0.287. The Kier molecular flexibility index (Phi) is 8.13. The number of hydrogen-bond donors (Lipinski definition) is 0. The summed E-state index contributed by atoms with van der Waals surface area (Å²) in [4.78, 5) is 13.1. The number of alkyl halides is 5. The smallest absolute Gasteiger partial charge is 0.454 e. The van der Waals surface area contributed by atoms with Crippen molar-refractivity contribution < 1.29 is 35.9 Å². The van der Waals surface area contributed by atoms with E-state index in [1.807, 2.05) is 0 Å². The van der Waals surface area contributed by atoms with Gasteiger partial charge in [-0.05, 0) is 75.1 Å². The number of likely N-dealkylation sites (tertiary alicyclic amines) is 1. The molecule has 9 heteroatoms.